The quantitative estimate of drug-likeness (QED) is 0.759. The first-order valence-corrected chi connectivity index (χ1v) is 4.77. The summed E-state index contributed by atoms with van der Waals surface area (Å²) in [5.41, 5.74) is 5.42. The SMILES string of the molecule is NC1(c2c(Br)ccc(F)c2F)CC1. The van der Waals surface area contributed by atoms with Crippen LogP contribution in [-0.4, -0.2) is 0 Å². The molecule has 0 radical (unpaired) electrons. The molecular formula is C9H8BrF2N. The van der Waals surface area contributed by atoms with Gasteiger partial charge in [-0.2, -0.15) is 0 Å². The van der Waals surface area contributed by atoms with Crippen molar-refractivity contribution in [3.8, 4) is 0 Å². The van der Waals surface area contributed by atoms with Crippen LogP contribution in [0, 0.1) is 11.6 Å². The molecule has 1 fully saturated rings. The molecule has 1 aliphatic rings. The summed E-state index contributed by atoms with van der Waals surface area (Å²) < 4.78 is 26.7. The molecule has 0 saturated heterocycles. The molecule has 1 nitrogen and oxygen atoms in total. The Balaban J connectivity index is 2.61. The van der Waals surface area contributed by atoms with Gasteiger partial charge in [0.1, 0.15) is 0 Å². The maximum atomic E-state index is 13.3. The predicted molar refractivity (Wildman–Crippen MR) is 49.2 cm³/mol. The van der Waals surface area contributed by atoms with Gasteiger partial charge in [-0.1, -0.05) is 15.9 Å². The van der Waals surface area contributed by atoms with E-state index in [0.717, 1.165) is 6.07 Å². The minimum atomic E-state index is -0.838. The second kappa shape index (κ2) is 2.75. The highest BCUT2D eigenvalue weighted by atomic mass is 79.9. The van der Waals surface area contributed by atoms with Crippen LogP contribution in [0.5, 0.6) is 0 Å². The maximum Gasteiger partial charge on any atom is 0.164 e. The summed E-state index contributed by atoms with van der Waals surface area (Å²) in [5.74, 6) is -1.66. The molecule has 0 amide bonds. The molecule has 2 rings (SSSR count). The summed E-state index contributed by atoms with van der Waals surface area (Å²) in [6, 6.07) is 2.58. The molecule has 1 aliphatic carbocycles. The van der Waals surface area contributed by atoms with Gasteiger partial charge in [0.2, 0.25) is 0 Å². The van der Waals surface area contributed by atoms with Crippen LogP contribution in [-0.2, 0) is 5.54 Å². The van der Waals surface area contributed by atoms with E-state index in [-0.39, 0.29) is 5.56 Å². The summed E-state index contributed by atoms with van der Waals surface area (Å²) in [4.78, 5) is 0. The monoisotopic (exact) mass is 247 g/mol. The van der Waals surface area contributed by atoms with Crippen LogP contribution in [0.2, 0.25) is 0 Å². The highest BCUT2D eigenvalue weighted by Crippen LogP contribution is 2.46. The number of nitrogens with two attached hydrogens (primary N) is 1. The zero-order chi connectivity index (χ0) is 9.64. The first-order chi connectivity index (χ1) is 6.04. The summed E-state index contributed by atoms with van der Waals surface area (Å²) in [7, 11) is 0. The third-order valence-corrected chi connectivity index (χ3v) is 2.99. The first kappa shape index (κ1) is 9.09. The van der Waals surface area contributed by atoms with Crippen LogP contribution in [0.1, 0.15) is 18.4 Å². The smallest absolute Gasteiger partial charge is 0.164 e. The lowest BCUT2D eigenvalue weighted by molar-refractivity contribution is 0.484. The Morgan fingerprint density at radius 1 is 1.31 bits per heavy atom. The van der Waals surface area contributed by atoms with Crippen molar-refractivity contribution in [3.63, 3.8) is 0 Å². The van der Waals surface area contributed by atoms with E-state index in [2.05, 4.69) is 15.9 Å². The van der Waals surface area contributed by atoms with Gasteiger partial charge in [-0.3, -0.25) is 0 Å². The van der Waals surface area contributed by atoms with Crippen molar-refractivity contribution in [1.29, 1.82) is 0 Å². The first-order valence-electron chi connectivity index (χ1n) is 3.97. The van der Waals surface area contributed by atoms with Crippen LogP contribution >= 0.6 is 15.9 Å². The molecule has 0 bridgehead atoms. The van der Waals surface area contributed by atoms with Crippen LogP contribution in [0.3, 0.4) is 0 Å². The van der Waals surface area contributed by atoms with E-state index in [1.165, 1.54) is 6.07 Å². The van der Waals surface area contributed by atoms with Crippen LogP contribution in [0.25, 0.3) is 0 Å². The molecule has 0 aromatic heterocycles. The summed E-state index contributed by atoms with van der Waals surface area (Å²) in [5, 5.41) is 0. The fourth-order valence-corrected chi connectivity index (χ4v) is 2.07. The van der Waals surface area contributed by atoms with E-state index >= 15 is 0 Å². The fourth-order valence-electron chi connectivity index (χ4n) is 1.37. The molecule has 1 aromatic rings. The van der Waals surface area contributed by atoms with Gasteiger partial charge in [-0.15, -0.1) is 0 Å². The number of benzene rings is 1. The van der Waals surface area contributed by atoms with E-state index in [1.54, 1.807) is 0 Å². The Hall–Kier alpha value is -0.480. The molecule has 4 heteroatoms. The third-order valence-electron chi connectivity index (χ3n) is 2.33. The van der Waals surface area contributed by atoms with E-state index in [9.17, 15) is 8.78 Å². The second-order valence-electron chi connectivity index (χ2n) is 3.37. The number of rotatable bonds is 1. The van der Waals surface area contributed by atoms with Gasteiger partial charge in [-0.05, 0) is 25.0 Å². The van der Waals surface area contributed by atoms with Crippen molar-refractivity contribution in [2.45, 2.75) is 18.4 Å². The number of hydrogen-bond donors (Lipinski definition) is 1. The molecule has 1 aromatic carbocycles. The van der Waals surface area contributed by atoms with Gasteiger partial charge in [0.05, 0.1) is 0 Å². The van der Waals surface area contributed by atoms with Crippen LogP contribution in [0.15, 0.2) is 16.6 Å². The lowest BCUT2D eigenvalue weighted by Crippen LogP contribution is -2.21. The van der Waals surface area contributed by atoms with E-state index in [1.807, 2.05) is 0 Å². The van der Waals surface area contributed by atoms with Crippen LogP contribution in [0.4, 0.5) is 8.78 Å². The minimum Gasteiger partial charge on any atom is -0.321 e. The standard InChI is InChI=1S/C9H8BrF2N/c10-5-1-2-6(11)8(12)7(5)9(13)3-4-9/h1-2H,3-4,13H2. The zero-order valence-electron chi connectivity index (χ0n) is 6.78. The molecule has 1 saturated carbocycles. The highest BCUT2D eigenvalue weighted by molar-refractivity contribution is 9.10. The maximum absolute atomic E-state index is 13.3. The average molecular weight is 248 g/mol. The minimum absolute atomic E-state index is 0.271. The van der Waals surface area contributed by atoms with Crippen LogP contribution < -0.4 is 5.73 Å². The second-order valence-corrected chi connectivity index (χ2v) is 4.23. The van der Waals surface area contributed by atoms with E-state index < -0.39 is 17.2 Å². The Bertz CT molecular complexity index is 361. The Morgan fingerprint density at radius 2 is 1.92 bits per heavy atom. The molecule has 2 N–H and O–H groups in total. The van der Waals surface area contributed by atoms with Crippen molar-refractivity contribution >= 4 is 15.9 Å². The number of halogens is 3. The van der Waals surface area contributed by atoms with Crippen molar-refractivity contribution < 1.29 is 8.78 Å². The highest BCUT2D eigenvalue weighted by Gasteiger charge is 2.44. The molecule has 70 valence electrons. The zero-order valence-corrected chi connectivity index (χ0v) is 8.37. The molecule has 0 unspecified atom stereocenters. The summed E-state index contributed by atoms with van der Waals surface area (Å²) >= 11 is 3.17. The number of hydrogen-bond acceptors (Lipinski definition) is 1. The van der Waals surface area contributed by atoms with Gasteiger partial charge in [-0.25, -0.2) is 8.78 Å². The third kappa shape index (κ3) is 1.38. The van der Waals surface area contributed by atoms with Gasteiger partial charge in [0, 0.05) is 15.6 Å². The Kier molecular flexibility index (Phi) is 1.92. The Labute approximate surface area is 83.1 Å². The summed E-state index contributed by atoms with van der Waals surface area (Å²) in [6.07, 6.45) is 1.43. The molecule has 0 aliphatic heterocycles. The van der Waals surface area contributed by atoms with E-state index in [0.29, 0.717) is 17.3 Å². The molecule has 13 heavy (non-hydrogen) atoms. The fraction of sp³-hybridized carbons (Fsp3) is 0.333. The van der Waals surface area contributed by atoms with Gasteiger partial charge in [0.15, 0.2) is 11.6 Å². The lowest BCUT2D eigenvalue weighted by Gasteiger charge is -2.12. The molecule has 0 spiro atoms. The predicted octanol–water partition coefficient (Wildman–Crippen LogP) is 2.68. The van der Waals surface area contributed by atoms with Gasteiger partial charge >= 0.3 is 0 Å². The lowest BCUT2D eigenvalue weighted by atomic mass is 10.1. The molecular weight excluding hydrogens is 240 g/mol. The van der Waals surface area contributed by atoms with Gasteiger partial charge in [0.25, 0.3) is 0 Å². The van der Waals surface area contributed by atoms with Crippen molar-refractivity contribution in [2.75, 3.05) is 0 Å². The van der Waals surface area contributed by atoms with Gasteiger partial charge < -0.3 is 5.73 Å². The van der Waals surface area contributed by atoms with E-state index in [4.69, 9.17) is 5.73 Å². The molecule has 0 atom stereocenters. The topological polar surface area (TPSA) is 26.0 Å². The normalized spacial score (nSPS) is 18.8. The average Bonchev–Trinajstić information content (AvgIpc) is 2.78. The van der Waals surface area contributed by atoms with Crippen molar-refractivity contribution in [2.24, 2.45) is 5.73 Å². The largest absolute Gasteiger partial charge is 0.321 e. The summed E-state index contributed by atoms with van der Waals surface area (Å²) in [6.45, 7) is 0. The molecule has 0 heterocycles. The Morgan fingerprint density at radius 3 is 2.46 bits per heavy atom. The van der Waals surface area contributed by atoms with Crippen molar-refractivity contribution in [3.05, 3.63) is 33.8 Å². The van der Waals surface area contributed by atoms with Crippen molar-refractivity contribution in [1.82, 2.24) is 0 Å².